The second-order valence-electron chi connectivity index (χ2n) is 5.47. The predicted octanol–water partition coefficient (Wildman–Crippen LogP) is 2.44. The number of carboxylic acids is 1. The third-order valence-corrected chi connectivity index (χ3v) is 4.40. The van der Waals surface area contributed by atoms with Gasteiger partial charge in [0, 0.05) is 5.38 Å². The van der Waals surface area contributed by atoms with Gasteiger partial charge in [-0.2, -0.15) is 0 Å². The Morgan fingerprint density at radius 1 is 1.30 bits per heavy atom. The van der Waals surface area contributed by atoms with Gasteiger partial charge in [-0.3, -0.25) is 4.79 Å². The van der Waals surface area contributed by atoms with Gasteiger partial charge in [-0.1, -0.05) is 12.1 Å². The van der Waals surface area contributed by atoms with Gasteiger partial charge in [-0.25, -0.2) is 9.78 Å². The van der Waals surface area contributed by atoms with Crippen molar-refractivity contribution >= 4 is 23.2 Å². The third-order valence-electron chi connectivity index (χ3n) is 3.55. The molecular formula is C16H18N2O4S. The van der Waals surface area contributed by atoms with E-state index in [0.717, 1.165) is 11.3 Å². The Morgan fingerprint density at radius 3 is 2.48 bits per heavy atom. The standard InChI is InChI=1S/C16H18N2O4S/c1-16(2,10-4-6-11(22-3)7-5-10)15(21)17-8-13-18-12(9-23-13)14(19)20/h4-7,9H,8H2,1-3H3,(H,17,21)(H,19,20). The number of carbonyl (C=O) groups excluding carboxylic acids is 1. The summed E-state index contributed by atoms with van der Waals surface area (Å²) in [6.07, 6.45) is 0. The molecule has 2 aromatic rings. The summed E-state index contributed by atoms with van der Waals surface area (Å²) in [7, 11) is 1.59. The highest BCUT2D eigenvalue weighted by atomic mass is 32.1. The van der Waals surface area contributed by atoms with Gasteiger partial charge >= 0.3 is 5.97 Å². The van der Waals surface area contributed by atoms with Crippen LogP contribution in [0.25, 0.3) is 0 Å². The Morgan fingerprint density at radius 2 is 1.96 bits per heavy atom. The van der Waals surface area contributed by atoms with Gasteiger partial charge in [0.25, 0.3) is 0 Å². The lowest BCUT2D eigenvalue weighted by atomic mass is 9.83. The molecule has 0 unspecified atom stereocenters. The molecular weight excluding hydrogens is 316 g/mol. The topological polar surface area (TPSA) is 88.5 Å². The quantitative estimate of drug-likeness (QED) is 0.847. The maximum absolute atomic E-state index is 12.5. The number of rotatable bonds is 6. The molecule has 1 heterocycles. The maximum Gasteiger partial charge on any atom is 0.355 e. The first kappa shape index (κ1) is 17.0. The largest absolute Gasteiger partial charge is 0.497 e. The average molecular weight is 334 g/mol. The molecule has 2 rings (SSSR count). The molecule has 0 radical (unpaired) electrons. The number of aromatic nitrogens is 1. The van der Waals surface area contributed by atoms with Crippen LogP contribution in [0.1, 0.15) is 34.9 Å². The summed E-state index contributed by atoms with van der Waals surface area (Å²) in [6.45, 7) is 3.86. The summed E-state index contributed by atoms with van der Waals surface area (Å²) in [4.78, 5) is 27.2. The van der Waals surface area contributed by atoms with Crippen molar-refractivity contribution in [3.05, 3.63) is 45.9 Å². The molecule has 1 amide bonds. The number of carboxylic acid groups (broad SMARTS) is 1. The van der Waals surface area contributed by atoms with Crippen LogP contribution in [0.3, 0.4) is 0 Å². The molecule has 6 nitrogen and oxygen atoms in total. The molecule has 0 atom stereocenters. The monoisotopic (exact) mass is 334 g/mol. The Bertz CT molecular complexity index is 707. The van der Waals surface area contributed by atoms with Crippen molar-refractivity contribution in [2.45, 2.75) is 25.8 Å². The zero-order chi connectivity index (χ0) is 17.0. The molecule has 1 aromatic carbocycles. The highest BCUT2D eigenvalue weighted by molar-refractivity contribution is 7.09. The van der Waals surface area contributed by atoms with E-state index in [1.807, 2.05) is 38.1 Å². The van der Waals surface area contributed by atoms with Crippen LogP contribution in [0.5, 0.6) is 5.75 Å². The van der Waals surface area contributed by atoms with Gasteiger partial charge in [0.15, 0.2) is 5.69 Å². The SMILES string of the molecule is COc1ccc(C(C)(C)C(=O)NCc2nc(C(=O)O)cs2)cc1. The number of methoxy groups -OCH3 is 1. The van der Waals surface area contributed by atoms with E-state index >= 15 is 0 Å². The van der Waals surface area contributed by atoms with Crippen molar-refractivity contribution in [2.24, 2.45) is 0 Å². The molecule has 0 bridgehead atoms. The first-order chi connectivity index (χ1) is 10.8. The Balaban J connectivity index is 2.03. The number of nitrogens with zero attached hydrogens (tertiary/aromatic N) is 1. The Hall–Kier alpha value is -2.41. The van der Waals surface area contributed by atoms with Crippen molar-refractivity contribution in [2.75, 3.05) is 7.11 Å². The van der Waals surface area contributed by atoms with Gasteiger partial charge in [0.1, 0.15) is 10.8 Å². The number of hydrogen-bond acceptors (Lipinski definition) is 5. The first-order valence-electron chi connectivity index (χ1n) is 6.95. The molecule has 0 aliphatic heterocycles. The Kier molecular flexibility index (Phi) is 5.00. The summed E-state index contributed by atoms with van der Waals surface area (Å²) in [6, 6.07) is 7.32. The number of benzene rings is 1. The third kappa shape index (κ3) is 3.87. The van der Waals surface area contributed by atoms with Crippen LogP contribution in [0, 0.1) is 0 Å². The molecule has 122 valence electrons. The minimum absolute atomic E-state index is 0.00587. The van der Waals surface area contributed by atoms with Crippen LogP contribution in [0.2, 0.25) is 0 Å². The lowest BCUT2D eigenvalue weighted by molar-refractivity contribution is -0.125. The average Bonchev–Trinajstić information content (AvgIpc) is 3.01. The molecule has 7 heteroatoms. The summed E-state index contributed by atoms with van der Waals surface area (Å²) in [5, 5.41) is 13.7. The van der Waals surface area contributed by atoms with E-state index in [4.69, 9.17) is 9.84 Å². The minimum Gasteiger partial charge on any atom is -0.497 e. The fraction of sp³-hybridized carbons (Fsp3) is 0.312. The number of aromatic carboxylic acids is 1. The fourth-order valence-corrected chi connectivity index (χ4v) is 2.71. The fourth-order valence-electron chi connectivity index (χ4n) is 2.01. The van der Waals surface area contributed by atoms with Crippen LogP contribution >= 0.6 is 11.3 Å². The zero-order valence-corrected chi connectivity index (χ0v) is 13.9. The molecule has 23 heavy (non-hydrogen) atoms. The van der Waals surface area contributed by atoms with Gasteiger partial charge in [0.2, 0.25) is 5.91 Å². The molecule has 0 fully saturated rings. The lowest BCUT2D eigenvalue weighted by Crippen LogP contribution is -2.39. The lowest BCUT2D eigenvalue weighted by Gasteiger charge is -2.24. The second kappa shape index (κ2) is 6.78. The number of carbonyl (C=O) groups is 2. The second-order valence-corrected chi connectivity index (χ2v) is 6.41. The van der Waals surface area contributed by atoms with Crippen LogP contribution < -0.4 is 10.1 Å². The van der Waals surface area contributed by atoms with Crippen molar-refractivity contribution in [3.8, 4) is 5.75 Å². The highest BCUT2D eigenvalue weighted by Crippen LogP contribution is 2.25. The molecule has 1 aromatic heterocycles. The first-order valence-corrected chi connectivity index (χ1v) is 7.83. The van der Waals surface area contributed by atoms with E-state index in [0.29, 0.717) is 5.01 Å². The van der Waals surface area contributed by atoms with Crippen molar-refractivity contribution in [3.63, 3.8) is 0 Å². The van der Waals surface area contributed by atoms with Crippen molar-refractivity contribution < 1.29 is 19.4 Å². The van der Waals surface area contributed by atoms with E-state index < -0.39 is 11.4 Å². The number of nitrogens with one attached hydrogen (secondary N) is 1. The molecule has 0 saturated carbocycles. The van der Waals surface area contributed by atoms with E-state index in [2.05, 4.69) is 10.3 Å². The number of hydrogen-bond donors (Lipinski definition) is 2. The minimum atomic E-state index is -1.07. The van der Waals surface area contributed by atoms with Crippen LogP contribution in [-0.4, -0.2) is 29.1 Å². The summed E-state index contributed by atoms with van der Waals surface area (Å²) < 4.78 is 5.11. The molecule has 0 saturated heterocycles. The summed E-state index contributed by atoms with van der Waals surface area (Å²) in [5.74, 6) is -0.499. The summed E-state index contributed by atoms with van der Waals surface area (Å²) >= 11 is 1.21. The van der Waals surface area contributed by atoms with Gasteiger partial charge in [-0.15, -0.1) is 11.3 Å². The molecule has 0 spiro atoms. The van der Waals surface area contributed by atoms with E-state index in [-0.39, 0.29) is 18.1 Å². The van der Waals surface area contributed by atoms with Crippen molar-refractivity contribution in [1.29, 1.82) is 0 Å². The van der Waals surface area contributed by atoms with Crippen LogP contribution in [0.15, 0.2) is 29.6 Å². The molecule has 0 aliphatic rings. The van der Waals surface area contributed by atoms with E-state index in [1.165, 1.54) is 16.7 Å². The highest BCUT2D eigenvalue weighted by Gasteiger charge is 2.29. The molecule has 2 N–H and O–H groups in total. The van der Waals surface area contributed by atoms with Crippen molar-refractivity contribution in [1.82, 2.24) is 10.3 Å². The maximum atomic E-state index is 12.5. The zero-order valence-electron chi connectivity index (χ0n) is 13.1. The number of amides is 1. The number of ether oxygens (including phenoxy) is 1. The molecule has 0 aliphatic carbocycles. The van der Waals surface area contributed by atoms with Crippen LogP contribution in [0.4, 0.5) is 0 Å². The normalized spacial score (nSPS) is 11.1. The van der Waals surface area contributed by atoms with Crippen LogP contribution in [-0.2, 0) is 16.8 Å². The smallest absolute Gasteiger partial charge is 0.355 e. The number of thiazole rings is 1. The van der Waals surface area contributed by atoms with E-state index in [1.54, 1.807) is 7.11 Å². The van der Waals surface area contributed by atoms with Gasteiger partial charge in [-0.05, 0) is 31.5 Å². The Labute approximate surface area is 138 Å². The predicted molar refractivity (Wildman–Crippen MR) is 86.9 cm³/mol. The van der Waals surface area contributed by atoms with Gasteiger partial charge in [0.05, 0.1) is 19.1 Å². The summed E-state index contributed by atoms with van der Waals surface area (Å²) in [5.41, 5.74) is 0.133. The van der Waals surface area contributed by atoms with Gasteiger partial charge < -0.3 is 15.2 Å². The van der Waals surface area contributed by atoms with E-state index in [9.17, 15) is 9.59 Å².